The third-order valence-electron chi connectivity index (χ3n) is 2.96. The minimum Gasteiger partial charge on any atom is -0.463 e. The summed E-state index contributed by atoms with van der Waals surface area (Å²) in [7, 11) is 1.73. The number of carbonyl (C=O) groups excluding carboxylic acids is 1. The van der Waals surface area contributed by atoms with Gasteiger partial charge in [0.1, 0.15) is 0 Å². The van der Waals surface area contributed by atoms with Crippen molar-refractivity contribution in [1.29, 1.82) is 0 Å². The Labute approximate surface area is 137 Å². The molecule has 124 valence electrons. The fourth-order valence-electron chi connectivity index (χ4n) is 1.94. The third-order valence-corrected chi connectivity index (χ3v) is 3.86. The molecule has 0 aromatic carbocycles. The lowest BCUT2D eigenvalue weighted by atomic mass is 10.1. The number of rotatable bonds is 8. The van der Waals surface area contributed by atoms with Gasteiger partial charge < -0.3 is 15.4 Å². The highest BCUT2D eigenvalue weighted by molar-refractivity contribution is 7.09. The van der Waals surface area contributed by atoms with Crippen LogP contribution in [-0.2, 0) is 16.0 Å². The van der Waals surface area contributed by atoms with Gasteiger partial charge in [-0.1, -0.05) is 13.0 Å². The van der Waals surface area contributed by atoms with Crippen LogP contribution in [0.1, 0.15) is 32.1 Å². The number of nitrogens with zero attached hydrogens (tertiary/aromatic N) is 1. The Morgan fingerprint density at radius 2 is 2.14 bits per heavy atom. The van der Waals surface area contributed by atoms with Crippen molar-refractivity contribution in [2.75, 3.05) is 20.1 Å². The number of aliphatic imine (C=N–C) groups is 1. The lowest BCUT2D eigenvalue weighted by Gasteiger charge is -2.15. The van der Waals surface area contributed by atoms with E-state index in [1.54, 1.807) is 18.4 Å². The molecule has 1 aromatic heterocycles. The molecule has 1 atom stereocenters. The Morgan fingerprint density at radius 1 is 1.36 bits per heavy atom. The average Bonchev–Trinajstić information content (AvgIpc) is 2.94. The van der Waals surface area contributed by atoms with Crippen LogP contribution in [-0.4, -0.2) is 38.2 Å². The molecule has 0 radical (unpaired) electrons. The second kappa shape index (κ2) is 10.2. The number of hydrogen-bond acceptors (Lipinski definition) is 4. The van der Waals surface area contributed by atoms with Crippen molar-refractivity contribution in [2.24, 2.45) is 10.9 Å². The van der Waals surface area contributed by atoms with Gasteiger partial charge in [0.25, 0.3) is 0 Å². The smallest absolute Gasteiger partial charge is 0.307 e. The van der Waals surface area contributed by atoms with E-state index >= 15 is 0 Å². The summed E-state index contributed by atoms with van der Waals surface area (Å²) < 4.78 is 5.08. The van der Waals surface area contributed by atoms with E-state index in [9.17, 15) is 4.79 Å². The number of esters is 1. The number of nitrogens with one attached hydrogen (secondary N) is 2. The Bertz CT molecular complexity index is 458. The standard InChI is InChI=1S/C16H27N3O2S/c1-12(2)21-15(20)7-8-18-16(17-4)19-11-13(3)10-14-6-5-9-22-14/h5-6,9,12-13H,7-8,10-11H2,1-4H3,(H2,17,18,19). The lowest BCUT2D eigenvalue weighted by Crippen LogP contribution is -2.40. The lowest BCUT2D eigenvalue weighted by molar-refractivity contribution is -0.147. The van der Waals surface area contributed by atoms with Crippen molar-refractivity contribution in [3.8, 4) is 0 Å². The average molecular weight is 325 g/mol. The van der Waals surface area contributed by atoms with Gasteiger partial charge in [0.05, 0.1) is 12.5 Å². The Morgan fingerprint density at radius 3 is 2.73 bits per heavy atom. The first-order chi connectivity index (χ1) is 10.5. The third kappa shape index (κ3) is 8.02. The fourth-order valence-corrected chi connectivity index (χ4v) is 2.81. The second-order valence-corrected chi connectivity index (χ2v) is 6.59. The van der Waals surface area contributed by atoms with Crippen LogP contribution in [0.5, 0.6) is 0 Å². The number of guanidine groups is 1. The molecule has 1 rings (SSSR count). The maximum Gasteiger partial charge on any atom is 0.307 e. The van der Waals surface area contributed by atoms with Gasteiger partial charge in [0.2, 0.25) is 0 Å². The molecule has 0 aliphatic heterocycles. The monoisotopic (exact) mass is 325 g/mol. The molecular formula is C16H27N3O2S. The summed E-state index contributed by atoms with van der Waals surface area (Å²) in [5, 5.41) is 8.52. The zero-order valence-electron chi connectivity index (χ0n) is 13.9. The maximum absolute atomic E-state index is 11.4. The van der Waals surface area contributed by atoms with Crippen LogP contribution in [0.2, 0.25) is 0 Å². The molecule has 0 saturated heterocycles. The normalized spacial score (nSPS) is 13.0. The summed E-state index contributed by atoms with van der Waals surface area (Å²) in [4.78, 5) is 17.0. The Kier molecular flexibility index (Phi) is 8.58. The minimum absolute atomic E-state index is 0.0666. The van der Waals surface area contributed by atoms with Crippen LogP contribution in [0.25, 0.3) is 0 Å². The molecule has 22 heavy (non-hydrogen) atoms. The quantitative estimate of drug-likeness (QED) is 0.438. The van der Waals surface area contributed by atoms with Gasteiger partial charge in [-0.25, -0.2) is 0 Å². The van der Waals surface area contributed by atoms with Crippen LogP contribution in [0.3, 0.4) is 0 Å². The molecule has 2 N–H and O–H groups in total. The zero-order chi connectivity index (χ0) is 16.4. The van der Waals surface area contributed by atoms with E-state index < -0.39 is 0 Å². The first kappa shape index (κ1) is 18.5. The summed E-state index contributed by atoms with van der Waals surface area (Å²) in [6, 6.07) is 4.24. The first-order valence-electron chi connectivity index (χ1n) is 7.67. The molecule has 0 amide bonds. The number of carbonyl (C=O) groups is 1. The molecule has 0 spiro atoms. The molecule has 0 aliphatic carbocycles. The molecule has 0 aliphatic rings. The van der Waals surface area contributed by atoms with Crippen molar-refractivity contribution in [1.82, 2.24) is 10.6 Å². The minimum atomic E-state index is -0.191. The van der Waals surface area contributed by atoms with Crippen molar-refractivity contribution >= 4 is 23.3 Å². The van der Waals surface area contributed by atoms with Crippen molar-refractivity contribution in [2.45, 2.75) is 39.7 Å². The SMILES string of the molecule is CN=C(NCCC(=O)OC(C)C)NCC(C)Cc1cccs1. The molecule has 0 saturated carbocycles. The highest BCUT2D eigenvalue weighted by Crippen LogP contribution is 2.13. The van der Waals surface area contributed by atoms with E-state index in [0.29, 0.717) is 18.9 Å². The second-order valence-electron chi connectivity index (χ2n) is 5.56. The molecule has 0 bridgehead atoms. The van der Waals surface area contributed by atoms with E-state index in [-0.39, 0.29) is 12.1 Å². The van der Waals surface area contributed by atoms with E-state index in [4.69, 9.17) is 4.74 Å². The maximum atomic E-state index is 11.4. The molecule has 0 fully saturated rings. The van der Waals surface area contributed by atoms with Crippen LogP contribution in [0.4, 0.5) is 0 Å². The summed E-state index contributed by atoms with van der Waals surface area (Å²) in [5.41, 5.74) is 0. The van der Waals surface area contributed by atoms with Crippen molar-refractivity contribution < 1.29 is 9.53 Å². The molecule has 1 unspecified atom stereocenters. The highest BCUT2D eigenvalue weighted by Gasteiger charge is 2.08. The van der Waals surface area contributed by atoms with Gasteiger partial charge in [0, 0.05) is 25.0 Å². The predicted molar refractivity (Wildman–Crippen MR) is 92.4 cm³/mol. The summed E-state index contributed by atoms with van der Waals surface area (Å²) in [6.07, 6.45) is 1.33. The van der Waals surface area contributed by atoms with E-state index in [1.165, 1.54) is 4.88 Å². The highest BCUT2D eigenvalue weighted by atomic mass is 32.1. The van der Waals surface area contributed by atoms with Crippen LogP contribution >= 0.6 is 11.3 Å². The van der Waals surface area contributed by atoms with E-state index in [2.05, 4.69) is 40.1 Å². The molecule has 1 heterocycles. The fraction of sp³-hybridized carbons (Fsp3) is 0.625. The molecule has 6 heteroatoms. The number of hydrogen-bond donors (Lipinski definition) is 2. The van der Waals surface area contributed by atoms with Gasteiger partial charge in [-0.3, -0.25) is 9.79 Å². The van der Waals surface area contributed by atoms with Crippen LogP contribution in [0, 0.1) is 5.92 Å². The topological polar surface area (TPSA) is 62.7 Å². The van der Waals surface area contributed by atoms with Gasteiger partial charge >= 0.3 is 5.97 Å². The molecular weight excluding hydrogens is 298 g/mol. The first-order valence-corrected chi connectivity index (χ1v) is 8.55. The van der Waals surface area contributed by atoms with Gasteiger partial charge in [-0.05, 0) is 37.6 Å². The van der Waals surface area contributed by atoms with Crippen molar-refractivity contribution in [3.63, 3.8) is 0 Å². The van der Waals surface area contributed by atoms with Gasteiger partial charge in [-0.15, -0.1) is 11.3 Å². The Balaban J connectivity index is 2.20. The zero-order valence-corrected chi connectivity index (χ0v) is 14.7. The van der Waals surface area contributed by atoms with Gasteiger partial charge in [-0.2, -0.15) is 0 Å². The van der Waals surface area contributed by atoms with E-state index in [1.807, 2.05) is 13.8 Å². The summed E-state index contributed by atoms with van der Waals surface area (Å²) >= 11 is 1.79. The van der Waals surface area contributed by atoms with Gasteiger partial charge in [0.15, 0.2) is 5.96 Å². The molecule has 1 aromatic rings. The van der Waals surface area contributed by atoms with Crippen LogP contribution < -0.4 is 10.6 Å². The summed E-state index contributed by atoms with van der Waals surface area (Å²) in [6.45, 7) is 7.26. The molecule has 5 nitrogen and oxygen atoms in total. The van der Waals surface area contributed by atoms with Crippen molar-refractivity contribution in [3.05, 3.63) is 22.4 Å². The van der Waals surface area contributed by atoms with E-state index in [0.717, 1.165) is 18.9 Å². The van der Waals surface area contributed by atoms with Crippen LogP contribution in [0.15, 0.2) is 22.5 Å². The predicted octanol–water partition coefficient (Wildman–Crippen LogP) is 2.43. The largest absolute Gasteiger partial charge is 0.463 e. The summed E-state index contributed by atoms with van der Waals surface area (Å²) in [5.74, 6) is 1.04. The number of thiophene rings is 1. The number of ether oxygens (including phenoxy) is 1. The Hall–Kier alpha value is -1.56.